The molecule has 0 fully saturated rings. The predicted octanol–water partition coefficient (Wildman–Crippen LogP) is 1.20. The van der Waals surface area contributed by atoms with Gasteiger partial charge in [0.25, 0.3) is 0 Å². The molecule has 0 aromatic carbocycles. The highest BCUT2D eigenvalue weighted by molar-refractivity contribution is 5.67. The molecule has 0 aliphatic heterocycles. The minimum atomic E-state index is -0.262. The van der Waals surface area contributed by atoms with Gasteiger partial charge in [-0.15, -0.1) is 0 Å². The summed E-state index contributed by atoms with van der Waals surface area (Å²) in [5.74, 6) is 0. The van der Waals surface area contributed by atoms with Gasteiger partial charge in [-0.1, -0.05) is 6.92 Å². The van der Waals surface area contributed by atoms with Gasteiger partial charge < -0.3 is 15.4 Å². The van der Waals surface area contributed by atoms with Gasteiger partial charge in [0.15, 0.2) is 0 Å². The molecule has 0 aliphatic rings. The van der Waals surface area contributed by atoms with Crippen LogP contribution in [0.2, 0.25) is 0 Å². The van der Waals surface area contributed by atoms with Crippen LogP contribution in [-0.2, 0) is 4.74 Å². The Morgan fingerprint density at radius 3 is 2.54 bits per heavy atom. The fraction of sp³-hybridized carbons (Fsp3) is 0.889. The summed E-state index contributed by atoms with van der Waals surface area (Å²) in [5.41, 5.74) is 5.36. The maximum Gasteiger partial charge on any atom is 0.410 e. The first-order valence-corrected chi connectivity index (χ1v) is 4.81. The molecule has 0 rings (SSSR count). The minimum Gasteiger partial charge on any atom is -0.446 e. The van der Waals surface area contributed by atoms with E-state index in [1.165, 1.54) is 0 Å². The van der Waals surface area contributed by atoms with Crippen molar-refractivity contribution < 1.29 is 9.53 Å². The number of carbonyl (C=O) groups excluding carboxylic acids is 1. The van der Waals surface area contributed by atoms with Crippen LogP contribution in [-0.4, -0.2) is 36.7 Å². The Morgan fingerprint density at radius 1 is 1.54 bits per heavy atom. The summed E-state index contributed by atoms with van der Waals surface area (Å²) in [4.78, 5) is 13.0. The van der Waals surface area contributed by atoms with Crippen LogP contribution in [0.1, 0.15) is 27.2 Å². The van der Waals surface area contributed by atoms with Gasteiger partial charge in [-0.2, -0.15) is 0 Å². The zero-order valence-corrected chi connectivity index (χ0v) is 8.75. The molecule has 0 saturated heterocycles. The molecule has 0 aliphatic carbocycles. The molecule has 0 saturated carbocycles. The number of hydrogen-bond acceptors (Lipinski definition) is 3. The maximum atomic E-state index is 11.4. The van der Waals surface area contributed by atoms with Gasteiger partial charge in [0.2, 0.25) is 0 Å². The molecule has 0 heterocycles. The molecule has 0 bridgehead atoms. The van der Waals surface area contributed by atoms with E-state index >= 15 is 0 Å². The Hall–Kier alpha value is -0.770. The summed E-state index contributed by atoms with van der Waals surface area (Å²) in [6.07, 6.45) is 0.563. The van der Waals surface area contributed by atoms with Crippen molar-refractivity contribution in [3.8, 4) is 0 Å². The highest BCUT2D eigenvalue weighted by Crippen LogP contribution is 2.00. The van der Waals surface area contributed by atoms with Crippen LogP contribution < -0.4 is 5.73 Å². The summed E-state index contributed by atoms with van der Waals surface area (Å²) in [5, 5.41) is 0. The topological polar surface area (TPSA) is 55.6 Å². The Balaban J connectivity index is 3.90. The third-order valence-corrected chi connectivity index (χ3v) is 1.92. The Bertz CT molecular complexity index is 151. The van der Waals surface area contributed by atoms with Crippen molar-refractivity contribution in [2.45, 2.75) is 33.3 Å². The van der Waals surface area contributed by atoms with Gasteiger partial charge in [0.1, 0.15) is 6.10 Å². The van der Waals surface area contributed by atoms with Crippen LogP contribution in [0.15, 0.2) is 0 Å². The fourth-order valence-electron chi connectivity index (χ4n) is 0.864. The van der Waals surface area contributed by atoms with E-state index in [1.807, 2.05) is 20.8 Å². The van der Waals surface area contributed by atoms with Crippen LogP contribution >= 0.6 is 0 Å². The van der Waals surface area contributed by atoms with Gasteiger partial charge in [-0.3, -0.25) is 0 Å². The first-order chi connectivity index (χ1) is 6.15. The van der Waals surface area contributed by atoms with Gasteiger partial charge in [-0.25, -0.2) is 4.79 Å². The molecule has 4 nitrogen and oxygen atoms in total. The molecule has 0 radical (unpaired) electrons. The molecule has 2 N–H and O–H groups in total. The Labute approximate surface area is 80.0 Å². The predicted molar refractivity (Wildman–Crippen MR) is 52.5 cm³/mol. The molecular formula is C9H20N2O2. The van der Waals surface area contributed by atoms with Crippen molar-refractivity contribution in [1.82, 2.24) is 4.90 Å². The normalized spacial score (nSPS) is 12.3. The van der Waals surface area contributed by atoms with E-state index in [0.717, 1.165) is 6.42 Å². The first kappa shape index (κ1) is 12.2. The first-order valence-electron chi connectivity index (χ1n) is 4.81. The van der Waals surface area contributed by atoms with Gasteiger partial charge in [0.05, 0.1) is 0 Å². The van der Waals surface area contributed by atoms with Gasteiger partial charge in [-0.05, 0) is 20.3 Å². The summed E-state index contributed by atoms with van der Waals surface area (Å²) in [6.45, 7) is 7.46. The molecule has 78 valence electrons. The summed E-state index contributed by atoms with van der Waals surface area (Å²) in [7, 11) is 0. The average Bonchev–Trinajstić information content (AvgIpc) is 2.13. The highest BCUT2D eigenvalue weighted by Gasteiger charge is 2.13. The second-order valence-corrected chi connectivity index (χ2v) is 2.97. The molecule has 1 amide bonds. The van der Waals surface area contributed by atoms with E-state index in [-0.39, 0.29) is 12.2 Å². The van der Waals surface area contributed by atoms with Crippen molar-refractivity contribution in [2.24, 2.45) is 5.73 Å². The monoisotopic (exact) mass is 188 g/mol. The van der Waals surface area contributed by atoms with Crippen molar-refractivity contribution >= 4 is 6.09 Å². The number of hydrogen-bond donors (Lipinski definition) is 1. The minimum absolute atomic E-state index is 0.0145. The fourth-order valence-corrected chi connectivity index (χ4v) is 0.864. The number of rotatable bonds is 5. The highest BCUT2D eigenvalue weighted by atomic mass is 16.6. The lowest BCUT2D eigenvalue weighted by atomic mass is 10.3. The zero-order chi connectivity index (χ0) is 10.3. The van der Waals surface area contributed by atoms with E-state index in [1.54, 1.807) is 4.90 Å². The number of carbonyl (C=O) groups is 1. The van der Waals surface area contributed by atoms with Crippen molar-refractivity contribution in [3.63, 3.8) is 0 Å². The zero-order valence-electron chi connectivity index (χ0n) is 8.75. The van der Waals surface area contributed by atoms with E-state index in [2.05, 4.69) is 0 Å². The lowest BCUT2D eigenvalue weighted by Gasteiger charge is -2.21. The molecular weight excluding hydrogens is 168 g/mol. The summed E-state index contributed by atoms with van der Waals surface area (Å²) in [6, 6.07) is 0. The maximum absolute atomic E-state index is 11.4. The summed E-state index contributed by atoms with van der Waals surface area (Å²) >= 11 is 0. The number of ether oxygens (including phenoxy) is 1. The van der Waals surface area contributed by atoms with E-state index in [0.29, 0.717) is 19.6 Å². The third kappa shape index (κ3) is 4.72. The largest absolute Gasteiger partial charge is 0.446 e. The molecule has 0 spiro atoms. The standard InChI is InChI=1S/C9H20N2O2/c1-4-8(3)13-9(12)11(5-2)7-6-10/h8H,4-7,10H2,1-3H3. The van der Waals surface area contributed by atoms with E-state index in [9.17, 15) is 4.79 Å². The van der Waals surface area contributed by atoms with Crippen molar-refractivity contribution in [1.29, 1.82) is 0 Å². The van der Waals surface area contributed by atoms with Crippen LogP contribution in [0, 0.1) is 0 Å². The molecule has 13 heavy (non-hydrogen) atoms. The van der Waals surface area contributed by atoms with Crippen LogP contribution in [0.3, 0.4) is 0 Å². The lowest BCUT2D eigenvalue weighted by Crippen LogP contribution is -2.37. The molecule has 0 aromatic rings. The molecule has 0 aromatic heterocycles. The Morgan fingerprint density at radius 2 is 2.15 bits per heavy atom. The van der Waals surface area contributed by atoms with E-state index < -0.39 is 0 Å². The van der Waals surface area contributed by atoms with Crippen LogP contribution in [0.25, 0.3) is 0 Å². The second kappa shape index (κ2) is 6.71. The van der Waals surface area contributed by atoms with Crippen molar-refractivity contribution in [2.75, 3.05) is 19.6 Å². The summed E-state index contributed by atoms with van der Waals surface area (Å²) < 4.78 is 5.14. The van der Waals surface area contributed by atoms with Gasteiger partial charge in [0, 0.05) is 19.6 Å². The smallest absolute Gasteiger partial charge is 0.410 e. The number of likely N-dealkylation sites (N-methyl/N-ethyl adjacent to an activating group) is 1. The second-order valence-electron chi connectivity index (χ2n) is 2.97. The van der Waals surface area contributed by atoms with E-state index in [4.69, 9.17) is 10.5 Å². The van der Waals surface area contributed by atoms with Gasteiger partial charge >= 0.3 is 6.09 Å². The quantitative estimate of drug-likeness (QED) is 0.705. The SMILES string of the molecule is CCC(C)OC(=O)N(CC)CCN. The third-order valence-electron chi connectivity index (χ3n) is 1.92. The van der Waals surface area contributed by atoms with Crippen LogP contribution in [0.4, 0.5) is 4.79 Å². The number of amides is 1. The number of nitrogens with two attached hydrogens (primary N) is 1. The molecule has 4 heteroatoms. The molecule has 1 atom stereocenters. The Kier molecular flexibility index (Phi) is 6.32. The lowest BCUT2D eigenvalue weighted by molar-refractivity contribution is 0.0706. The average molecular weight is 188 g/mol. The van der Waals surface area contributed by atoms with Crippen molar-refractivity contribution in [3.05, 3.63) is 0 Å². The number of nitrogens with zero attached hydrogens (tertiary/aromatic N) is 1. The molecule has 1 unspecified atom stereocenters. The van der Waals surface area contributed by atoms with Crippen LogP contribution in [0.5, 0.6) is 0 Å².